The predicted octanol–water partition coefficient (Wildman–Crippen LogP) is 8.43. The molecular weight excluding hydrogens is 821 g/mol. The highest BCUT2D eigenvalue weighted by atomic mass is 16.5. The van der Waals surface area contributed by atoms with Crippen LogP contribution < -0.4 is 15.4 Å². The van der Waals surface area contributed by atoms with Crippen molar-refractivity contribution in [3.8, 4) is 28.1 Å². The van der Waals surface area contributed by atoms with Gasteiger partial charge < -0.3 is 49.3 Å². The van der Waals surface area contributed by atoms with E-state index in [0.717, 1.165) is 85.6 Å². The summed E-state index contributed by atoms with van der Waals surface area (Å²) in [6.45, 7) is 15.4. The smallest absolute Gasteiger partial charge is 0.250 e. The molecule has 2 saturated heterocycles. The molecule has 5 heterocycles. The SMILES string of the molecule is C=C(NC(C(=O)N1C[C@@H](COC)CC1c1ncc(-c2ccc3c(c2)COc2cc4c(ccc5[nH]c([C@@H]6CC[C@H](C)N6C(=O)[C@@H](NC(=C)OC)C(C)C)nc54)cc2-3)[nH]1)c1ccccc1)OC. The van der Waals surface area contributed by atoms with Gasteiger partial charge in [-0.25, -0.2) is 9.97 Å². The van der Waals surface area contributed by atoms with E-state index in [-0.39, 0.29) is 41.8 Å². The molecule has 0 aliphatic carbocycles. The zero-order valence-electron chi connectivity index (χ0n) is 37.9. The summed E-state index contributed by atoms with van der Waals surface area (Å²) in [6, 6.07) is 22.9. The van der Waals surface area contributed by atoms with Crippen molar-refractivity contribution in [2.75, 3.05) is 34.5 Å². The minimum absolute atomic E-state index is 0.00961. The summed E-state index contributed by atoms with van der Waals surface area (Å²) < 4.78 is 22.7. The van der Waals surface area contributed by atoms with Crippen LogP contribution >= 0.6 is 0 Å². The lowest BCUT2D eigenvalue weighted by Gasteiger charge is -2.33. The maximum atomic E-state index is 14.4. The van der Waals surface area contributed by atoms with Crippen LogP contribution in [-0.2, 0) is 30.4 Å². The van der Waals surface area contributed by atoms with E-state index in [2.05, 4.69) is 83.1 Å². The number of H-pyrrole nitrogens is 2. The zero-order chi connectivity index (χ0) is 45.5. The molecule has 3 aliphatic heterocycles. The number of ether oxygens (including phenoxy) is 4. The lowest BCUT2D eigenvalue weighted by Crippen LogP contribution is -2.50. The molecule has 3 aliphatic rings. The molecule has 14 nitrogen and oxygen atoms in total. The normalized spacial score (nSPS) is 20.0. The second kappa shape index (κ2) is 18.0. The monoisotopic (exact) mass is 878 g/mol. The van der Waals surface area contributed by atoms with Crippen LogP contribution in [0.15, 0.2) is 104 Å². The van der Waals surface area contributed by atoms with E-state index in [1.54, 1.807) is 14.2 Å². The maximum absolute atomic E-state index is 14.4. The first-order valence-corrected chi connectivity index (χ1v) is 22.4. The Kier molecular flexibility index (Phi) is 12.0. The van der Waals surface area contributed by atoms with E-state index in [4.69, 9.17) is 28.9 Å². The number of hydrogen-bond acceptors (Lipinski definition) is 10. The van der Waals surface area contributed by atoms with Gasteiger partial charge in [0.05, 0.1) is 55.8 Å². The van der Waals surface area contributed by atoms with Crippen molar-refractivity contribution in [2.45, 2.75) is 76.8 Å². The molecular formula is C51H58N8O6. The van der Waals surface area contributed by atoms with Gasteiger partial charge in [0.1, 0.15) is 36.1 Å². The van der Waals surface area contributed by atoms with Crippen molar-refractivity contribution in [3.63, 3.8) is 0 Å². The van der Waals surface area contributed by atoms with Crippen LogP contribution in [0.5, 0.6) is 5.75 Å². The van der Waals surface area contributed by atoms with Gasteiger partial charge >= 0.3 is 0 Å². The highest BCUT2D eigenvalue weighted by Crippen LogP contribution is 2.44. The van der Waals surface area contributed by atoms with Crippen molar-refractivity contribution in [1.82, 2.24) is 40.4 Å². The Morgan fingerprint density at radius 2 is 1.68 bits per heavy atom. The Hall–Kier alpha value is -6.80. The first kappa shape index (κ1) is 43.5. The molecule has 0 bridgehead atoms. The number of carbonyl (C=O) groups excluding carboxylic acids is 2. The maximum Gasteiger partial charge on any atom is 0.250 e. The zero-order valence-corrected chi connectivity index (χ0v) is 37.9. The standard InChI is InChI=1S/C51H58N8O6/c1-28(2)45(53-30(4)63-7)51(61)59-29(3)14-19-42(59)49-55-40-18-16-34-22-39-37-17-15-35(21-36(37)27-65-44(39)23-38(34)47(40)57-49)41-24-52-48(56-41)43-20-32(26-62-6)25-58(43)50(60)46(54-31(5)64-8)33-12-10-9-11-13-33/h9-13,15-18,21-24,28-29,32,42-43,45-46,53-54H,4-5,14,19-20,25-27H2,1-3,6-8H3,(H,52,56)(H,55,57)/t29-,32-,42-,43?,45-,46?/m0/s1. The summed E-state index contributed by atoms with van der Waals surface area (Å²) in [5.74, 6) is 3.04. The number of benzene rings is 4. The van der Waals surface area contributed by atoms with Gasteiger partial charge in [0.25, 0.3) is 0 Å². The number of nitrogens with zero attached hydrogens (tertiary/aromatic N) is 4. The summed E-state index contributed by atoms with van der Waals surface area (Å²) in [4.78, 5) is 49.6. The molecule has 2 amide bonds. The molecule has 9 rings (SSSR count). The number of aromatic nitrogens is 4. The molecule has 0 saturated carbocycles. The quantitative estimate of drug-likeness (QED) is 0.0738. The van der Waals surface area contributed by atoms with Crippen molar-refractivity contribution >= 4 is 33.6 Å². The molecule has 6 atom stereocenters. The van der Waals surface area contributed by atoms with Crippen LogP contribution in [0, 0.1) is 11.8 Å². The average molecular weight is 879 g/mol. The Balaban J connectivity index is 0.974. The lowest BCUT2D eigenvalue weighted by atomic mass is 9.92. The number of imidazole rings is 2. The van der Waals surface area contributed by atoms with Crippen LogP contribution in [0.2, 0.25) is 0 Å². The van der Waals surface area contributed by atoms with E-state index < -0.39 is 12.1 Å². The Bertz CT molecular complexity index is 2760. The van der Waals surface area contributed by atoms with Crippen LogP contribution in [-0.4, -0.2) is 88.1 Å². The van der Waals surface area contributed by atoms with Crippen LogP contribution in [0.1, 0.15) is 80.9 Å². The number of aromatic amines is 2. The summed E-state index contributed by atoms with van der Waals surface area (Å²) in [6.07, 6.45) is 4.24. The fourth-order valence-corrected chi connectivity index (χ4v) is 9.91. The van der Waals surface area contributed by atoms with Crippen LogP contribution in [0.3, 0.4) is 0 Å². The summed E-state index contributed by atoms with van der Waals surface area (Å²) in [5, 5.41) is 8.40. The topological polar surface area (TPSA) is 159 Å². The molecule has 4 N–H and O–H groups in total. The Labute approximate surface area is 379 Å². The molecule has 2 fully saturated rings. The van der Waals surface area contributed by atoms with E-state index in [1.807, 2.05) is 60.2 Å². The van der Waals surface area contributed by atoms with E-state index in [0.29, 0.717) is 37.9 Å². The molecule has 4 aromatic carbocycles. The van der Waals surface area contributed by atoms with Gasteiger partial charge in [0.15, 0.2) is 11.8 Å². The summed E-state index contributed by atoms with van der Waals surface area (Å²) in [7, 11) is 4.77. The average Bonchev–Trinajstić information content (AvgIpc) is 4.15. The second-order valence-electron chi connectivity index (χ2n) is 17.9. The van der Waals surface area contributed by atoms with Crippen LogP contribution in [0.4, 0.5) is 0 Å². The van der Waals surface area contributed by atoms with Crippen molar-refractivity contribution in [1.29, 1.82) is 0 Å². The molecule has 0 spiro atoms. The predicted molar refractivity (Wildman–Crippen MR) is 250 cm³/mol. The molecule has 65 heavy (non-hydrogen) atoms. The van der Waals surface area contributed by atoms with Gasteiger partial charge in [-0.05, 0) is 97.2 Å². The molecule has 14 heteroatoms. The fraction of sp³-hybridized carbons (Fsp3) is 0.373. The van der Waals surface area contributed by atoms with E-state index in [1.165, 1.54) is 7.11 Å². The van der Waals surface area contributed by atoms with Gasteiger partial charge in [-0.15, -0.1) is 0 Å². The second-order valence-corrected chi connectivity index (χ2v) is 17.9. The molecule has 338 valence electrons. The molecule has 0 radical (unpaired) electrons. The third-order valence-electron chi connectivity index (χ3n) is 13.3. The first-order valence-electron chi connectivity index (χ1n) is 22.4. The van der Waals surface area contributed by atoms with Crippen molar-refractivity contribution in [3.05, 3.63) is 127 Å². The number of rotatable bonds is 15. The van der Waals surface area contributed by atoms with E-state index >= 15 is 0 Å². The first-order chi connectivity index (χ1) is 31.5. The van der Waals surface area contributed by atoms with Crippen molar-refractivity contribution < 1.29 is 28.5 Å². The van der Waals surface area contributed by atoms with Crippen molar-refractivity contribution in [2.24, 2.45) is 11.8 Å². The number of fused-ring (bicyclic) bond motifs is 6. The number of amides is 2. The lowest BCUT2D eigenvalue weighted by molar-refractivity contribution is -0.137. The minimum atomic E-state index is -0.692. The van der Waals surface area contributed by atoms with Gasteiger partial charge in [-0.2, -0.15) is 0 Å². The van der Waals surface area contributed by atoms with Gasteiger partial charge in [0.2, 0.25) is 11.8 Å². The number of methoxy groups -OCH3 is 3. The summed E-state index contributed by atoms with van der Waals surface area (Å²) >= 11 is 0. The third kappa shape index (κ3) is 8.27. The molecule has 6 aromatic rings. The Morgan fingerprint density at radius 1 is 0.892 bits per heavy atom. The summed E-state index contributed by atoms with van der Waals surface area (Å²) in [5.41, 5.74) is 7.57. The number of hydrogen-bond donors (Lipinski definition) is 4. The minimum Gasteiger partial charge on any atom is -0.488 e. The number of nitrogens with one attached hydrogen (secondary N) is 4. The molecule has 2 unspecified atom stereocenters. The molecule has 2 aromatic heterocycles. The number of likely N-dealkylation sites (tertiary alicyclic amines) is 2. The highest BCUT2D eigenvalue weighted by Gasteiger charge is 2.42. The fourth-order valence-electron chi connectivity index (χ4n) is 9.91. The largest absolute Gasteiger partial charge is 0.488 e. The Morgan fingerprint density at radius 3 is 2.43 bits per heavy atom. The third-order valence-corrected chi connectivity index (χ3v) is 13.3. The van der Waals surface area contributed by atoms with E-state index in [9.17, 15) is 9.59 Å². The van der Waals surface area contributed by atoms with Crippen LogP contribution in [0.25, 0.3) is 44.2 Å². The highest BCUT2D eigenvalue weighted by molar-refractivity contribution is 6.07. The van der Waals surface area contributed by atoms with Gasteiger partial charge in [-0.3, -0.25) is 9.59 Å². The van der Waals surface area contributed by atoms with Gasteiger partial charge in [0, 0.05) is 36.6 Å². The van der Waals surface area contributed by atoms with Gasteiger partial charge in [-0.1, -0.05) is 62.4 Å². The number of carbonyl (C=O) groups is 2.